The highest BCUT2D eigenvalue weighted by atomic mass is 32.2. The summed E-state index contributed by atoms with van der Waals surface area (Å²) in [6.07, 6.45) is -4.67. The van der Waals surface area contributed by atoms with Crippen LogP contribution in [0.4, 0.5) is 13.2 Å². The Labute approximate surface area is 42.2 Å². The first-order chi connectivity index (χ1) is 3.06. The van der Waals surface area contributed by atoms with Crippen LogP contribution in [0.25, 0.3) is 5.14 Å². The first-order valence-corrected chi connectivity index (χ1v) is 1.88. The van der Waals surface area contributed by atoms with E-state index in [1.807, 2.05) is 0 Å². The summed E-state index contributed by atoms with van der Waals surface area (Å²) in [4.78, 5) is 0. The van der Waals surface area contributed by atoms with Crippen molar-refractivity contribution in [3.63, 3.8) is 0 Å². The van der Waals surface area contributed by atoms with E-state index in [1.165, 1.54) is 0 Å². The molecule has 0 aliphatic carbocycles. The van der Waals surface area contributed by atoms with Crippen molar-refractivity contribution in [3.05, 3.63) is 5.14 Å². The van der Waals surface area contributed by atoms with E-state index < -0.39 is 18.6 Å². The maximum atomic E-state index is 10.7. The molecule has 0 aliphatic rings. The molecule has 0 aromatic heterocycles. The van der Waals surface area contributed by atoms with Crippen molar-refractivity contribution in [1.82, 2.24) is 0 Å². The van der Waals surface area contributed by atoms with Crippen LogP contribution in [0.1, 0.15) is 0 Å². The van der Waals surface area contributed by atoms with Gasteiger partial charge in [-0.15, -0.1) is 25.4 Å². The molecule has 6 heteroatoms. The maximum absolute atomic E-state index is 10.7. The summed E-state index contributed by atoms with van der Waals surface area (Å²) in [5.74, 6) is 0. The molecule has 0 heterocycles. The van der Waals surface area contributed by atoms with Crippen LogP contribution in [0.15, 0.2) is 0 Å². The number of hydrogen-bond donors (Lipinski definition) is 0. The van der Waals surface area contributed by atoms with E-state index in [4.69, 9.17) is 5.14 Å². The Hall–Kier alpha value is 0.0600. The van der Waals surface area contributed by atoms with Crippen molar-refractivity contribution in [1.29, 1.82) is 0 Å². The molecule has 1 N–H and O–H groups in total. The fourth-order valence-electron chi connectivity index (χ4n) is 0.0472. The summed E-state index contributed by atoms with van der Waals surface area (Å²) < 4.78 is 34.9. The molecular weight excluding hydrogens is 131 g/mol. The largest absolute Gasteiger partial charge is 0.596 e. The van der Waals surface area contributed by atoms with E-state index in [0.29, 0.717) is 0 Å². The third-order valence-corrected chi connectivity index (χ3v) is 0.408. The second kappa shape index (κ2) is 2.39. The molecule has 2 nitrogen and oxygen atoms in total. The van der Waals surface area contributed by atoms with Crippen LogP contribution in [0, 0.1) is 0 Å². The summed E-state index contributed by atoms with van der Waals surface area (Å²) in [5.41, 5.74) is 0. The van der Waals surface area contributed by atoms with E-state index in [2.05, 4.69) is 4.18 Å². The number of nitrogens with one attached hydrogen (secondary N) is 1. The molecule has 0 fully saturated rings. The van der Waals surface area contributed by atoms with E-state index >= 15 is 0 Å². The molecule has 0 amide bonds. The molecule has 7 heavy (non-hydrogen) atoms. The fourth-order valence-corrected chi connectivity index (χ4v) is 0.142. The molecule has 0 unspecified atom stereocenters. The molecule has 44 valence electrons. The van der Waals surface area contributed by atoms with Crippen LogP contribution >= 0.6 is 12.2 Å². The summed E-state index contributed by atoms with van der Waals surface area (Å²) in [7, 11) is 0. The average Bonchev–Trinajstić information content (AvgIpc) is 1.30. The summed E-state index contributed by atoms with van der Waals surface area (Å²) in [5, 5.41) is 5.83. The van der Waals surface area contributed by atoms with Gasteiger partial charge >= 0.3 is 6.36 Å². The average molecular weight is 132 g/mol. The Balaban J connectivity index is 3.15. The molecule has 0 saturated carbocycles. The lowest BCUT2D eigenvalue weighted by Crippen LogP contribution is -2.06. The van der Waals surface area contributed by atoms with Gasteiger partial charge in [0.15, 0.2) is 0 Å². The van der Waals surface area contributed by atoms with Crippen LogP contribution in [-0.2, 0) is 4.18 Å². The molecule has 0 aromatic carbocycles. The van der Waals surface area contributed by atoms with E-state index in [9.17, 15) is 13.2 Å². The zero-order valence-electron chi connectivity index (χ0n) is 2.95. The smallest absolute Gasteiger partial charge is 0.532 e. The first-order valence-electron chi connectivity index (χ1n) is 1.14. The second-order valence-corrected chi connectivity index (χ2v) is 0.946. The van der Waals surface area contributed by atoms with Gasteiger partial charge in [0.1, 0.15) is 0 Å². The minimum atomic E-state index is -4.67. The number of halogens is 3. The van der Waals surface area contributed by atoms with Crippen LogP contribution in [0.3, 0.4) is 0 Å². The fraction of sp³-hybridized carbons (Fsp3) is 1.00. The maximum Gasteiger partial charge on any atom is 0.532 e. The lowest BCUT2D eigenvalue weighted by atomic mass is 11.4. The quantitative estimate of drug-likeness (QED) is 0.404. The highest BCUT2D eigenvalue weighted by Gasteiger charge is 2.27. The van der Waals surface area contributed by atoms with Crippen molar-refractivity contribution >= 4 is 12.2 Å². The van der Waals surface area contributed by atoms with Crippen LogP contribution in [0.2, 0.25) is 0 Å². The van der Waals surface area contributed by atoms with Crippen LogP contribution in [-0.4, -0.2) is 6.36 Å². The van der Waals surface area contributed by atoms with Gasteiger partial charge in [0.2, 0.25) is 0 Å². The van der Waals surface area contributed by atoms with Crippen molar-refractivity contribution in [2.24, 2.45) is 0 Å². The minimum absolute atomic E-state index is 0.466. The van der Waals surface area contributed by atoms with Gasteiger partial charge < -0.3 is 5.14 Å². The minimum Gasteiger partial charge on any atom is -0.596 e. The highest BCUT2D eigenvalue weighted by molar-refractivity contribution is 7.96. The third-order valence-electron chi connectivity index (χ3n) is 0.136. The number of alkyl halides is 3. The van der Waals surface area contributed by atoms with E-state index in [-0.39, 0.29) is 0 Å². The summed E-state index contributed by atoms with van der Waals surface area (Å²) in [6.45, 7) is 0. The zero-order chi connectivity index (χ0) is 5.91. The summed E-state index contributed by atoms with van der Waals surface area (Å²) >= 11 is -0.466. The number of rotatable bonds is 1. The van der Waals surface area contributed by atoms with Gasteiger partial charge in [-0.2, -0.15) is 0 Å². The van der Waals surface area contributed by atoms with Gasteiger partial charge in [-0.05, 0) is 0 Å². The lowest BCUT2D eigenvalue weighted by Gasteiger charge is -2.05. The summed E-state index contributed by atoms with van der Waals surface area (Å²) in [6, 6.07) is 0. The van der Waals surface area contributed by atoms with Crippen molar-refractivity contribution in [2.45, 2.75) is 6.36 Å². The van der Waals surface area contributed by atoms with Gasteiger partial charge in [-0.3, -0.25) is 0 Å². The molecule has 0 rings (SSSR count). The Kier molecular flexibility index (Phi) is 2.41. The van der Waals surface area contributed by atoms with E-state index in [1.54, 1.807) is 0 Å². The SMILES string of the molecule is [NH-]SOC(F)(F)F. The Morgan fingerprint density at radius 3 is 1.86 bits per heavy atom. The molecule has 0 atom stereocenters. The predicted octanol–water partition coefficient (Wildman–Crippen LogP) is 2.14. The Morgan fingerprint density at radius 2 is 1.86 bits per heavy atom. The molecule has 0 saturated heterocycles. The lowest BCUT2D eigenvalue weighted by molar-refractivity contribution is -0.266. The zero-order valence-corrected chi connectivity index (χ0v) is 3.77. The normalized spacial score (nSPS) is 12.0. The van der Waals surface area contributed by atoms with Crippen LogP contribution in [0.5, 0.6) is 0 Å². The second-order valence-electron chi connectivity index (χ2n) is 0.612. The Morgan fingerprint density at radius 1 is 1.43 bits per heavy atom. The third kappa shape index (κ3) is 6.06. The molecule has 0 spiro atoms. The monoisotopic (exact) mass is 132 g/mol. The highest BCUT2D eigenvalue weighted by Crippen LogP contribution is 2.22. The van der Waals surface area contributed by atoms with E-state index in [0.717, 1.165) is 0 Å². The van der Waals surface area contributed by atoms with Crippen molar-refractivity contribution < 1.29 is 17.4 Å². The van der Waals surface area contributed by atoms with Crippen molar-refractivity contribution in [2.75, 3.05) is 0 Å². The predicted molar refractivity (Wildman–Crippen MR) is 19.1 cm³/mol. The molecule has 0 bridgehead atoms. The van der Waals surface area contributed by atoms with Crippen LogP contribution < -0.4 is 0 Å². The topological polar surface area (TPSA) is 33.0 Å². The van der Waals surface area contributed by atoms with Gasteiger partial charge in [0.25, 0.3) is 0 Å². The van der Waals surface area contributed by atoms with Gasteiger partial charge in [-0.25, -0.2) is 4.18 Å². The molecule has 0 radical (unpaired) electrons. The van der Waals surface area contributed by atoms with Gasteiger partial charge in [-0.1, -0.05) is 0 Å². The standard InChI is InChI=1S/CHF3NOS/c2-1(3,4)6-7-5/h5H/q-1. The van der Waals surface area contributed by atoms with Crippen molar-refractivity contribution in [3.8, 4) is 0 Å². The van der Waals surface area contributed by atoms with Gasteiger partial charge in [0.05, 0.1) is 0 Å². The first kappa shape index (κ1) is 7.06. The number of hydrogen-bond acceptors (Lipinski definition) is 2. The molecule has 0 aromatic rings. The molecule has 0 aliphatic heterocycles. The Bertz CT molecular complexity index is 53.4. The molecular formula is CHF3NOS-. The van der Waals surface area contributed by atoms with Gasteiger partial charge in [0, 0.05) is 0 Å².